The van der Waals surface area contributed by atoms with Crippen molar-refractivity contribution in [1.29, 1.82) is 0 Å². The van der Waals surface area contributed by atoms with Gasteiger partial charge in [0.25, 0.3) is 0 Å². The van der Waals surface area contributed by atoms with Crippen LogP contribution in [0.1, 0.15) is 33.1 Å². The highest BCUT2D eigenvalue weighted by molar-refractivity contribution is 6.01. The highest BCUT2D eigenvalue weighted by Gasteiger charge is 2.52. The number of carbonyl (C=O) groups excluding carboxylic acids is 1. The summed E-state index contributed by atoms with van der Waals surface area (Å²) in [5.74, 6) is 2.20. The lowest BCUT2D eigenvalue weighted by atomic mass is 9.50. The van der Waals surface area contributed by atoms with E-state index in [0.29, 0.717) is 17.3 Å². The van der Waals surface area contributed by atoms with Gasteiger partial charge in [0.05, 0.1) is 0 Å². The Morgan fingerprint density at radius 2 is 2.00 bits per heavy atom. The summed E-state index contributed by atoms with van der Waals surface area (Å²) in [6.45, 7) is 4.76. The molecule has 0 heterocycles. The van der Waals surface area contributed by atoms with E-state index in [9.17, 15) is 4.79 Å². The van der Waals surface area contributed by atoms with Crippen molar-refractivity contribution in [1.82, 2.24) is 0 Å². The van der Waals surface area contributed by atoms with Crippen LogP contribution in [0.4, 0.5) is 0 Å². The van der Waals surface area contributed by atoms with Crippen LogP contribution in [0.5, 0.6) is 0 Å². The van der Waals surface area contributed by atoms with Crippen LogP contribution in [0.2, 0.25) is 0 Å². The number of carbonyl (C=O) groups is 1. The molecule has 0 aromatic carbocycles. The third kappa shape index (κ3) is 1.47. The monoisotopic (exact) mass is 266 g/mol. The molecular formula is C19H22O. The van der Waals surface area contributed by atoms with Crippen molar-refractivity contribution >= 4 is 5.78 Å². The Bertz CT molecular complexity index is 591. The van der Waals surface area contributed by atoms with Crippen molar-refractivity contribution in [3.05, 3.63) is 48.1 Å². The summed E-state index contributed by atoms with van der Waals surface area (Å²) in [5.41, 5.74) is 1.69. The molecule has 0 N–H and O–H groups in total. The number of allylic oxidation sites excluding steroid dienone is 8. The molecule has 4 aliphatic rings. The minimum absolute atomic E-state index is 0.0667. The molecule has 104 valence electrons. The fraction of sp³-hybridized carbons (Fsp3) is 0.526. The molecule has 1 fully saturated rings. The van der Waals surface area contributed by atoms with E-state index in [1.165, 1.54) is 24.8 Å². The average Bonchev–Trinajstić information content (AvgIpc) is 2.81. The molecule has 1 nitrogen and oxygen atoms in total. The lowest BCUT2D eigenvalue weighted by Gasteiger charge is -2.53. The Balaban J connectivity index is 1.78. The summed E-state index contributed by atoms with van der Waals surface area (Å²) >= 11 is 0. The molecule has 0 aromatic rings. The Morgan fingerprint density at radius 3 is 2.85 bits per heavy atom. The zero-order valence-corrected chi connectivity index (χ0v) is 12.3. The number of ketones is 1. The minimum atomic E-state index is 0.0667. The van der Waals surface area contributed by atoms with Crippen LogP contribution >= 0.6 is 0 Å². The fourth-order valence-corrected chi connectivity index (χ4v) is 5.14. The van der Waals surface area contributed by atoms with Crippen molar-refractivity contribution < 1.29 is 4.79 Å². The van der Waals surface area contributed by atoms with Gasteiger partial charge in [0.1, 0.15) is 0 Å². The third-order valence-electron chi connectivity index (χ3n) is 6.44. The highest BCUT2D eigenvalue weighted by atomic mass is 16.1. The molecule has 0 spiro atoms. The Kier molecular flexibility index (Phi) is 2.38. The predicted octanol–water partition coefficient (Wildman–Crippen LogP) is 4.24. The fourth-order valence-electron chi connectivity index (χ4n) is 5.14. The first-order chi connectivity index (χ1) is 9.53. The predicted molar refractivity (Wildman–Crippen MR) is 81.0 cm³/mol. The maximum Gasteiger partial charge on any atom is 0.178 e. The van der Waals surface area contributed by atoms with Gasteiger partial charge in [0.15, 0.2) is 5.78 Å². The minimum Gasteiger partial charge on any atom is -0.290 e. The summed E-state index contributed by atoms with van der Waals surface area (Å²) in [6, 6.07) is 0. The van der Waals surface area contributed by atoms with Crippen LogP contribution in [-0.2, 0) is 4.79 Å². The summed E-state index contributed by atoms with van der Waals surface area (Å²) in [5, 5.41) is 0. The lowest BCUT2D eigenvalue weighted by molar-refractivity contribution is -0.110. The van der Waals surface area contributed by atoms with Gasteiger partial charge in [-0.25, -0.2) is 0 Å². The number of fused-ring (bicyclic) bond motifs is 5. The van der Waals surface area contributed by atoms with E-state index in [4.69, 9.17) is 0 Å². The van der Waals surface area contributed by atoms with Gasteiger partial charge in [0, 0.05) is 5.41 Å². The molecule has 4 aliphatic carbocycles. The topological polar surface area (TPSA) is 17.1 Å². The van der Waals surface area contributed by atoms with Crippen molar-refractivity contribution in [3.63, 3.8) is 0 Å². The third-order valence-corrected chi connectivity index (χ3v) is 6.44. The highest BCUT2D eigenvalue weighted by Crippen LogP contribution is 2.60. The quantitative estimate of drug-likeness (QED) is 0.599. The summed E-state index contributed by atoms with van der Waals surface area (Å²) in [4.78, 5) is 11.6. The average molecular weight is 266 g/mol. The second-order valence-corrected chi connectivity index (χ2v) is 7.45. The van der Waals surface area contributed by atoms with E-state index in [0.717, 1.165) is 5.92 Å². The first-order valence-corrected chi connectivity index (χ1v) is 7.84. The van der Waals surface area contributed by atoms with E-state index < -0.39 is 0 Å². The number of hydrogen-bond acceptors (Lipinski definition) is 1. The first kappa shape index (κ1) is 12.4. The van der Waals surface area contributed by atoms with E-state index in [-0.39, 0.29) is 11.2 Å². The van der Waals surface area contributed by atoms with Crippen LogP contribution in [-0.4, -0.2) is 5.78 Å². The van der Waals surface area contributed by atoms with Gasteiger partial charge in [0.2, 0.25) is 0 Å². The van der Waals surface area contributed by atoms with Crippen LogP contribution < -0.4 is 0 Å². The molecule has 4 rings (SSSR count). The molecule has 0 radical (unpaired) electrons. The van der Waals surface area contributed by atoms with Crippen LogP contribution in [0.15, 0.2) is 48.1 Å². The molecule has 0 unspecified atom stereocenters. The summed E-state index contributed by atoms with van der Waals surface area (Å²) in [6.07, 6.45) is 19.0. The van der Waals surface area contributed by atoms with Gasteiger partial charge in [-0.15, -0.1) is 0 Å². The molecule has 20 heavy (non-hydrogen) atoms. The van der Waals surface area contributed by atoms with E-state index in [2.05, 4.69) is 44.2 Å². The second kappa shape index (κ2) is 3.84. The van der Waals surface area contributed by atoms with Crippen LogP contribution in [0, 0.1) is 28.6 Å². The molecule has 0 bridgehead atoms. The maximum atomic E-state index is 11.6. The van der Waals surface area contributed by atoms with E-state index >= 15 is 0 Å². The van der Waals surface area contributed by atoms with Gasteiger partial charge < -0.3 is 0 Å². The van der Waals surface area contributed by atoms with Crippen molar-refractivity contribution in [2.24, 2.45) is 28.6 Å². The van der Waals surface area contributed by atoms with Crippen LogP contribution in [0.3, 0.4) is 0 Å². The largest absolute Gasteiger partial charge is 0.290 e. The van der Waals surface area contributed by atoms with Gasteiger partial charge in [-0.3, -0.25) is 4.79 Å². The summed E-state index contributed by atoms with van der Waals surface area (Å²) in [7, 11) is 0. The van der Waals surface area contributed by atoms with Gasteiger partial charge in [-0.05, 0) is 60.2 Å². The van der Waals surface area contributed by atoms with Gasteiger partial charge in [-0.2, -0.15) is 0 Å². The first-order valence-electron chi connectivity index (χ1n) is 7.84. The second-order valence-electron chi connectivity index (χ2n) is 7.45. The van der Waals surface area contributed by atoms with Gasteiger partial charge >= 0.3 is 0 Å². The standard InChI is InChI=1S/C19H22O/c1-18-9-3-4-16(18)15-6-5-13-12-14(20)7-11-19(13,2)17(15)8-10-18/h3,5-7,9,11-12,15-17H,4,8,10H2,1-2H3/t15-,16-,17-,18-,19-/m0/s1. The maximum absolute atomic E-state index is 11.6. The molecule has 0 aliphatic heterocycles. The number of rotatable bonds is 0. The van der Waals surface area contributed by atoms with Crippen molar-refractivity contribution in [2.45, 2.75) is 33.1 Å². The Labute approximate surface area is 121 Å². The zero-order valence-electron chi connectivity index (χ0n) is 12.3. The Morgan fingerprint density at radius 1 is 1.15 bits per heavy atom. The molecule has 0 aromatic heterocycles. The molecule has 1 heteroatoms. The smallest absolute Gasteiger partial charge is 0.178 e. The zero-order chi connectivity index (χ0) is 14.0. The van der Waals surface area contributed by atoms with Crippen LogP contribution in [0.25, 0.3) is 0 Å². The molecule has 1 saturated carbocycles. The Hall–Kier alpha value is -1.37. The van der Waals surface area contributed by atoms with Gasteiger partial charge in [-0.1, -0.05) is 44.2 Å². The van der Waals surface area contributed by atoms with E-state index in [1.54, 1.807) is 6.08 Å². The van der Waals surface area contributed by atoms with Crippen molar-refractivity contribution in [3.8, 4) is 0 Å². The lowest BCUT2D eigenvalue weighted by Crippen LogP contribution is -2.46. The summed E-state index contributed by atoms with van der Waals surface area (Å²) < 4.78 is 0. The molecular weight excluding hydrogens is 244 g/mol. The molecule has 0 saturated heterocycles. The molecule has 5 atom stereocenters. The SMILES string of the molecule is C[C@@]12C=CC[C@H]1[C@@H]1C=CC3=CC(=O)C=C[C@]3(C)[C@H]1CC2. The normalized spacial score (nSPS) is 48.6. The molecule has 0 amide bonds. The van der Waals surface area contributed by atoms with E-state index in [1.807, 2.05) is 6.08 Å². The number of hydrogen-bond donors (Lipinski definition) is 0. The van der Waals surface area contributed by atoms with Crippen molar-refractivity contribution in [2.75, 3.05) is 0 Å².